The first-order valence-corrected chi connectivity index (χ1v) is 5.78. The van der Waals surface area contributed by atoms with Crippen LogP contribution in [0.1, 0.15) is 27.2 Å². The molecule has 2 N–H and O–H groups in total. The lowest BCUT2D eigenvalue weighted by molar-refractivity contribution is -0.138. The molecule has 0 aliphatic rings. The highest BCUT2D eigenvalue weighted by molar-refractivity contribution is 5.94. The molecule has 0 fully saturated rings. The van der Waals surface area contributed by atoms with Gasteiger partial charge in [0.2, 0.25) is 5.91 Å². The summed E-state index contributed by atoms with van der Waals surface area (Å²) in [5, 5.41) is 0. The average molecular weight is 280 g/mol. The molecule has 1 heterocycles. The van der Waals surface area contributed by atoms with Crippen LogP contribution < -0.4 is 5.73 Å². The number of primary amides is 1. The molecule has 0 aliphatic carbocycles. The molecular formula is C14H11F3N2O. The van der Waals surface area contributed by atoms with Crippen LogP contribution >= 0.6 is 0 Å². The summed E-state index contributed by atoms with van der Waals surface area (Å²) in [6.45, 7) is 0. The van der Waals surface area contributed by atoms with Crippen LogP contribution in [-0.2, 0) is 12.6 Å². The monoisotopic (exact) mass is 280 g/mol. The molecular weight excluding hydrogens is 269 g/mol. The number of aromatic nitrogens is 1. The first kappa shape index (κ1) is 14.0. The number of hydrogen-bond donors (Lipinski definition) is 1. The number of amides is 1. The van der Waals surface area contributed by atoms with Gasteiger partial charge in [-0.3, -0.25) is 9.78 Å². The van der Waals surface area contributed by atoms with Crippen molar-refractivity contribution in [2.75, 3.05) is 0 Å². The van der Waals surface area contributed by atoms with E-state index in [4.69, 9.17) is 5.73 Å². The van der Waals surface area contributed by atoms with Crippen molar-refractivity contribution in [3.63, 3.8) is 0 Å². The second-order valence-electron chi connectivity index (χ2n) is 4.24. The van der Waals surface area contributed by atoms with Crippen LogP contribution in [0.4, 0.5) is 13.2 Å². The second kappa shape index (κ2) is 5.32. The van der Waals surface area contributed by atoms with E-state index in [-0.39, 0.29) is 6.42 Å². The molecule has 0 saturated heterocycles. The Balaban J connectivity index is 2.40. The van der Waals surface area contributed by atoms with Gasteiger partial charge in [0.25, 0.3) is 0 Å². The third-order valence-corrected chi connectivity index (χ3v) is 2.77. The van der Waals surface area contributed by atoms with Crippen molar-refractivity contribution in [2.24, 2.45) is 5.73 Å². The van der Waals surface area contributed by atoms with Crippen molar-refractivity contribution in [1.82, 2.24) is 4.98 Å². The smallest absolute Gasteiger partial charge is 0.366 e. The fourth-order valence-electron chi connectivity index (χ4n) is 1.86. The van der Waals surface area contributed by atoms with E-state index < -0.39 is 23.2 Å². The van der Waals surface area contributed by atoms with Gasteiger partial charge in [-0.2, -0.15) is 13.2 Å². The number of pyridine rings is 1. The number of hydrogen-bond acceptors (Lipinski definition) is 2. The maximum absolute atomic E-state index is 12.9. The fraction of sp³-hybridized carbons (Fsp3) is 0.143. The van der Waals surface area contributed by atoms with Crippen molar-refractivity contribution < 1.29 is 18.0 Å². The highest BCUT2D eigenvalue weighted by Crippen LogP contribution is 2.32. The molecule has 104 valence electrons. The summed E-state index contributed by atoms with van der Waals surface area (Å²) in [6, 6.07) is 8.68. The van der Waals surface area contributed by atoms with Gasteiger partial charge in [0.1, 0.15) is 0 Å². The third-order valence-electron chi connectivity index (χ3n) is 2.77. The van der Waals surface area contributed by atoms with Gasteiger partial charge in [-0.1, -0.05) is 12.1 Å². The van der Waals surface area contributed by atoms with Crippen molar-refractivity contribution in [3.8, 4) is 0 Å². The molecule has 0 bridgehead atoms. The first-order chi connectivity index (χ1) is 9.38. The zero-order valence-electron chi connectivity index (χ0n) is 10.3. The number of carbonyl (C=O) groups excluding carboxylic acids is 1. The number of benzene rings is 1. The van der Waals surface area contributed by atoms with E-state index in [1.807, 2.05) is 0 Å². The van der Waals surface area contributed by atoms with Gasteiger partial charge in [0, 0.05) is 18.3 Å². The molecule has 2 rings (SSSR count). The standard InChI is InChI=1S/C14H11F3N2O/c15-14(16,17)12-8-9(4-5-11(12)13(18)20)7-10-3-1-2-6-19-10/h1-6,8H,7H2,(H2,18,20). The molecule has 1 amide bonds. The Bertz CT molecular complexity index is 624. The van der Waals surface area contributed by atoms with Crippen molar-refractivity contribution in [2.45, 2.75) is 12.6 Å². The molecule has 20 heavy (non-hydrogen) atoms. The highest BCUT2D eigenvalue weighted by Gasteiger charge is 2.34. The predicted molar refractivity (Wildman–Crippen MR) is 67.0 cm³/mol. The average Bonchev–Trinajstić information content (AvgIpc) is 2.38. The number of nitrogens with two attached hydrogens (primary N) is 1. The molecule has 1 aromatic carbocycles. The van der Waals surface area contributed by atoms with Crippen molar-refractivity contribution in [1.29, 1.82) is 0 Å². The van der Waals surface area contributed by atoms with Crippen LogP contribution in [0.5, 0.6) is 0 Å². The summed E-state index contributed by atoms with van der Waals surface area (Å²) in [5.74, 6) is -1.10. The minimum Gasteiger partial charge on any atom is -0.366 e. The summed E-state index contributed by atoms with van der Waals surface area (Å²) >= 11 is 0. The molecule has 1 aromatic heterocycles. The van der Waals surface area contributed by atoms with Gasteiger partial charge in [-0.05, 0) is 29.8 Å². The van der Waals surface area contributed by atoms with E-state index in [0.717, 1.165) is 12.1 Å². The number of carbonyl (C=O) groups is 1. The van der Waals surface area contributed by atoms with E-state index in [1.165, 1.54) is 6.07 Å². The van der Waals surface area contributed by atoms with Gasteiger partial charge in [0.15, 0.2) is 0 Å². The number of rotatable bonds is 3. The Kier molecular flexibility index (Phi) is 3.74. The zero-order valence-corrected chi connectivity index (χ0v) is 10.3. The van der Waals surface area contributed by atoms with Crippen LogP contribution in [0.25, 0.3) is 0 Å². The van der Waals surface area contributed by atoms with Gasteiger partial charge in [-0.25, -0.2) is 0 Å². The lowest BCUT2D eigenvalue weighted by Crippen LogP contribution is -2.19. The molecule has 0 atom stereocenters. The molecule has 2 aromatic rings. The molecule has 0 unspecified atom stereocenters. The van der Waals surface area contributed by atoms with E-state index in [1.54, 1.807) is 24.4 Å². The predicted octanol–water partition coefficient (Wildman–Crippen LogP) is 2.79. The molecule has 0 radical (unpaired) electrons. The van der Waals surface area contributed by atoms with Gasteiger partial charge in [0.05, 0.1) is 11.1 Å². The maximum Gasteiger partial charge on any atom is 0.417 e. The van der Waals surface area contributed by atoms with Gasteiger partial charge >= 0.3 is 6.18 Å². The minimum absolute atomic E-state index is 0.253. The maximum atomic E-state index is 12.9. The zero-order chi connectivity index (χ0) is 14.8. The van der Waals surface area contributed by atoms with E-state index in [2.05, 4.69) is 4.98 Å². The summed E-state index contributed by atoms with van der Waals surface area (Å²) in [4.78, 5) is 15.1. The number of halogens is 3. The third kappa shape index (κ3) is 3.14. The van der Waals surface area contributed by atoms with Crippen molar-refractivity contribution in [3.05, 3.63) is 65.0 Å². The highest BCUT2D eigenvalue weighted by atomic mass is 19.4. The lowest BCUT2D eigenvalue weighted by atomic mass is 10.00. The minimum atomic E-state index is -4.62. The number of alkyl halides is 3. The summed E-state index contributed by atoms with van der Waals surface area (Å²) < 4.78 is 38.7. The van der Waals surface area contributed by atoms with E-state index >= 15 is 0 Å². The van der Waals surface area contributed by atoms with E-state index in [0.29, 0.717) is 11.3 Å². The first-order valence-electron chi connectivity index (χ1n) is 5.78. The fourth-order valence-corrected chi connectivity index (χ4v) is 1.86. The molecule has 6 heteroatoms. The topological polar surface area (TPSA) is 56.0 Å². The summed E-state index contributed by atoms with van der Waals surface area (Å²) in [5.41, 5.74) is 4.49. The Morgan fingerprint density at radius 1 is 1.20 bits per heavy atom. The Morgan fingerprint density at radius 2 is 1.95 bits per heavy atom. The van der Waals surface area contributed by atoms with Crippen molar-refractivity contribution >= 4 is 5.91 Å². The van der Waals surface area contributed by atoms with Gasteiger partial charge < -0.3 is 5.73 Å². The van der Waals surface area contributed by atoms with Crippen LogP contribution in [0, 0.1) is 0 Å². The van der Waals surface area contributed by atoms with E-state index in [9.17, 15) is 18.0 Å². The molecule has 0 aliphatic heterocycles. The Morgan fingerprint density at radius 3 is 2.50 bits per heavy atom. The molecule has 3 nitrogen and oxygen atoms in total. The summed E-state index contributed by atoms with van der Waals surface area (Å²) in [7, 11) is 0. The second-order valence-corrected chi connectivity index (χ2v) is 4.24. The quantitative estimate of drug-likeness (QED) is 0.939. The normalized spacial score (nSPS) is 11.3. The Labute approximate surface area is 113 Å². The van der Waals surface area contributed by atoms with Crippen LogP contribution in [-0.4, -0.2) is 10.9 Å². The SMILES string of the molecule is NC(=O)c1ccc(Cc2ccccn2)cc1C(F)(F)F. The summed E-state index contributed by atoms with van der Waals surface area (Å²) in [6.07, 6.45) is -2.80. The van der Waals surface area contributed by atoms with Crippen LogP contribution in [0.2, 0.25) is 0 Å². The van der Waals surface area contributed by atoms with Gasteiger partial charge in [-0.15, -0.1) is 0 Å². The molecule has 0 spiro atoms. The largest absolute Gasteiger partial charge is 0.417 e. The molecule has 0 saturated carbocycles. The Hall–Kier alpha value is -2.37. The number of nitrogens with zero attached hydrogens (tertiary/aromatic N) is 1. The van der Waals surface area contributed by atoms with Crippen LogP contribution in [0.15, 0.2) is 42.6 Å². The lowest BCUT2D eigenvalue weighted by Gasteiger charge is -2.12. The van der Waals surface area contributed by atoms with Crippen LogP contribution in [0.3, 0.4) is 0 Å².